The third-order valence-corrected chi connectivity index (χ3v) is 3.29. The van der Waals surface area contributed by atoms with Crippen molar-refractivity contribution in [1.29, 1.82) is 0 Å². The number of anilines is 2. The highest BCUT2D eigenvalue weighted by Crippen LogP contribution is 2.20. The van der Waals surface area contributed by atoms with Gasteiger partial charge < -0.3 is 11.1 Å². The van der Waals surface area contributed by atoms with Crippen molar-refractivity contribution in [3.8, 4) is 0 Å². The predicted molar refractivity (Wildman–Crippen MR) is 84.7 cm³/mol. The van der Waals surface area contributed by atoms with Crippen molar-refractivity contribution < 1.29 is 9.18 Å². The first kappa shape index (κ1) is 15.1. The summed E-state index contributed by atoms with van der Waals surface area (Å²) in [5.74, 6) is -0.788. The molecule has 2 rings (SSSR count). The van der Waals surface area contributed by atoms with E-state index in [9.17, 15) is 9.18 Å². The summed E-state index contributed by atoms with van der Waals surface area (Å²) in [4.78, 5) is 11.8. The zero-order valence-electron chi connectivity index (χ0n) is 11.4. The smallest absolute Gasteiger partial charge is 0.248 e. The molecule has 108 valence electrons. The first-order valence-corrected chi connectivity index (χ1v) is 6.64. The Hall–Kier alpha value is -2.33. The Morgan fingerprint density at radius 2 is 2.05 bits per heavy atom. The van der Waals surface area contributed by atoms with Gasteiger partial charge in [0.25, 0.3) is 0 Å². The molecule has 0 aliphatic rings. The number of hydrogen-bond donors (Lipinski definition) is 2. The molecule has 0 aromatic heterocycles. The summed E-state index contributed by atoms with van der Waals surface area (Å²) in [5, 5.41) is 3.28. The molecule has 5 heteroatoms. The molecule has 0 bridgehead atoms. The molecule has 0 fully saturated rings. The molecule has 0 radical (unpaired) electrons. The van der Waals surface area contributed by atoms with E-state index in [-0.39, 0.29) is 11.6 Å². The number of benzene rings is 2. The van der Waals surface area contributed by atoms with Gasteiger partial charge in [0.05, 0.1) is 5.69 Å². The molecule has 3 nitrogen and oxygen atoms in total. The van der Waals surface area contributed by atoms with Gasteiger partial charge in [-0.3, -0.25) is 4.79 Å². The fourth-order valence-electron chi connectivity index (χ4n) is 1.69. The van der Waals surface area contributed by atoms with Gasteiger partial charge in [-0.25, -0.2) is 4.39 Å². The van der Waals surface area contributed by atoms with Crippen LogP contribution in [0.5, 0.6) is 0 Å². The number of amides is 1. The number of aryl methyl sites for hydroxylation is 1. The molecule has 0 unspecified atom stereocenters. The molecular weight excluding hydrogens is 291 g/mol. The molecule has 2 aromatic carbocycles. The molecule has 0 aliphatic carbocycles. The van der Waals surface area contributed by atoms with Crippen LogP contribution in [0.1, 0.15) is 11.1 Å². The second-order valence-corrected chi connectivity index (χ2v) is 4.97. The van der Waals surface area contributed by atoms with Crippen molar-refractivity contribution in [2.24, 2.45) is 0 Å². The molecule has 0 saturated heterocycles. The van der Waals surface area contributed by atoms with E-state index in [1.165, 1.54) is 24.3 Å². The third-order valence-electron chi connectivity index (χ3n) is 2.89. The van der Waals surface area contributed by atoms with Gasteiger partial charge in [0.1, 0.15) is 5.82 Å². The summed E-state index contributed by atoms with van der Waals surface area (Å²) in [7, 11) is 0. The first-order chi connectivity index (χ1) is 9.95. The second kappa shape index (κ2) is 6.41. The monoisotopic (exact) mass is 304 g/mol. The minimum atomic E-state index is -0.481. The van der Waals surface area contributed by atoms with Gasteiger partial charge in [0, 0.05) is 16.8 Å². The Bertz CT molecular complexity index is 713. The number of rotatable bonds is 3. The maximum atomic E-state index is 13.0. The Morgan fingerprint density at radius 3 is 2.71 bits per heavy atom. The van der Waals surface area contributed by atoms with E-state index in [4.69, 9.17) is 17.3 Å². The van der Waals surface area contributed by atoms with Crippen LogP contribution in [0.15, 0.2) is 42.5 Å². The summed E-state index contributed by atoms with van der Waals surface area (Å²) in [6.45, 7) is 1.88. The van der Waals surface area contributed by atoms with Crippen molar-refractivity contribution in [3.05, 3.63) is 64.4 Å². The molecule has 0 atom stereocenters. The Labute approximate surface area is 127 Å². The van der Waals surface area contributed by atoms with Gasteiger partial charge in [0.15, 0.2) is 0 Å². The zero-order chi connectivity index (χ0) is 15.4. The van der Waals surface area contributed by atoms with E-state index in [0.717, 1.165) is 5.56 Å². The minimum absolute atomic E-state index is 0.0443. The molecule has 0 saturated carbocycles. The SMILES string of the molecule is Cc1ccc(NC(=O)/C=C/c2ccc(F)c(N)c2)cc1Cl. The quantitative estimate of drug-likeness (QED) is 0.664. The van der Waals surface area contributed by atoms with Crippen LogP contribution in [0, 0.1) is 12.7 Å². The van der Waals surface area contributed by atoms with Crippen LogP contribution in [0.4, 0.5) is 15.8 Å². The summed E-state index contributed by atoms with van der Waals surface area (Å²) in [6.07, 6.45) is 2.90. The van der Waals surface area contributed by atoms with Crippen molar-refractivity contribution >= 4 is 35.0 Å². The van der Waals surface area contributed by atoms with Gasteiger partial charge in [-0.1, -0.05) is 23.7 Å². The summed E-state index contributed by atoms with van der Waals surface area (Å²) < 4.78 is 13.0. The van der Waals surface area contributed by atoms with Crippen molar-refractivity contribution in [2.45, 2.75) is 6.92 Å². The second-order valence-electron chi connectivity index (χ2n) is 4.57. The van der Waals surface area contributed by atoms with E-state index < -0.39 is 5.82 Å². The lowest BCUT2D eigenvalue weighted by Crippen LogP contribution is -2.07. The lowest BCUT2D eigenvalue weighted by Gasteiger charge is -2.04. The van der Waals surface area contributed by atoms with Gasteiger partial charge >= 0.3 is 0 Å². The summed E-state index contributed by atoms with van der Waals surface area (Å²) in [6, 6.07) is 9.52. The zero-order valence-corrected chi connectivity index (χ0v) is 12.1. The molecule has 3 N–H and O–H groups in total. The molecule has 2 aromatic rings. The fourth-order valence-corrected chi connectivity index (χ4v) is 1.87. The Kier molecular flexibility index (Phi) is 4.60. The number of nitrogens with one attached hydrogen (secondary N) is 1. The number of nitrogens with two attached hydrogens (primary N) is 1. The minimum Gasteiger partial charge on any atom is -0.396 e. The first-order valence-electron chi connectivity index (χ1n) is 6.26. The molecule has 0 heterocycles. The van der Waals surface area contributed by atoms with Crippen LogP contribution in [-0.4, -0.2) is 5.91 Å². The topological polar surface area (TPSA) is 55.1 Å². The van der Waals surface area contributed by atoms with Crippen molar-refractivity contribution in [1.82, 2.24) is 0 Å². The molecule has 21 heavy (non-hydrogen) atoms. The van der Waals surface area contributed by atoms with Crippen LogP contribution < -0.4 is 11.1 Å². The summed E-state index contributed by atoms with van der Waals surface area (Å²) >= 11 is 5.98. The highest BCUT2D eigenvalue weighted by molar-refractivity contribution is 6.31. The van der Waals surface area contributed by atoms with E-state index >= 15 is 0 Å². The standard InChI is InChI=1S/C16H14ClFN2O/c1-10-2-5-12(9-13(10)17)20-16(21)7-4-11-3-6-14(18)15(19)8-11/h2-9H,19H2,1H3,(H,20,21)/b7-4+. The van der Waals surface area contributed by atoms with Crippen LogP contribution in [-0.2, 0) is 4.79 Å². The number of hydrogen-bond acceptors (Lipinski definition) is 2. The van der Waals surface area contributed by atoms with Gasteiger partial charge in [-0.05, 0) is 48.4 Å². The van der Waals surface area contributed by atoms with Crippen molar-refractivity contribution in [3.63, 3.8) is 0 Å². The molecule has 1 amide bonds. The normalized spacial score (nSPS) is 10.8. The third kappa shape index (κ3) is 4.07. The molecule has 0 aliphatic heterocycles. The van der Waals surface area contributed by atoms with E-state index in [0.29, 0.717) is 16.3 Å². The van der Waals surface area contributed by atoms with Gasteiger partial charge in [-0.15, -0.1) is 0 Å². The average Bonchev–Trinajstić information content (AvgIpc) is 2.44. The number of nitrogen functional groups attached to an aromatic ring is 1. The van der Waals surface area contributed by atoms with Crippen LogP contribution >= 0.6 is 11.6 Å². The van der Waals surface area contributed by atoms with E-state index in [1.54, 1.807) is 18.2 Å². The van der Waals surface area contributed by atoms with Crippen LogP contribution in [0.2, 0.25) is 5.02 Å². The summed E-state index contributed by atoms with van der Waals surface area (Å²) in [5.41, 5.74) is 7.69. The maximum absolute atomic E-state index is 13.0. The van der Waals surface area contributed by atoms with Gasteiger partial charge in [-0.2, -0.15) is 0 Å². The largest absolute Gasteiger partial charge is 0.396 e. The highest BCUT2D eigenvalue weighted by atomic mass is 35.5. The van der Waals surface area contributed by atoms with E-state index in [1.807, 2.05) is 13.0 Å². The Balaban J connectivity index is 2.05. The average molecular weight is 305 g/mol. The molecular formula is C16H14ClFN2O. The predicted octanol–water partition coefficient (Wildman–Crippen LogP) is 4.02. The van der Waals surface area contributed by atoms with Crippen molar-refractivity contribution in [2.75, 3.05) is 11.1 Å². The molecule has 0 spiro atoms. The number of carbonyl (C=O) groups excluding carboxylic acids is 1. The fraction of sp³-hybridized carbons (Fsp3) is 0.0625. The van der Waals surface area contributed by atoms with Crippen LogP contribution in [0.25, 0.3) is 6.08 Å². The van der Waals surface area contributed by atoms with Crippen LogP contribution in [0.3, 0.4) is 0 Å². The number of carbonyl (C=O) groups is 1. The van der Waals surface area contributed by atoms with Gasteiger partial charge in [0.2, 0.25) is 5.91 Å². The number of halogens is 2. The lowest BCUT2D eigenvalue weighted by atomic mass is 10.2. The lowest BCUT2D eigenvalue weighted by molar-refractivity contribution is -0.111. The highest BCUT2D eigenvalue weighted by Gasteiger charge is 2.02. The maximum Gasteiger partial charge on any atom is 0.248 e. The van der Waals surface area contributed by atoms with E-state index in [2.05, 4.69) is 5.32 Å². The Morgan fingerprint density at radius 1 is 1.29 bits per heavy atom.